The number of aromatic nitrogens is 3. The molecule has 1 aliphatic heterocycles. The highest BCUT2D eigenvalue weighted by atomic mass is 16.2. The predicted octanol–water partition coefficient (Wildman–Crippen LogP) is 4.67. The Morgan fingerprint density at radius 3 is 2.52 bits per heavy atom. The maximum Gasteiger partial charge on any atom is 0.253 e. The van der Waals surface area contributed by atoms with Gasteiger partial charge < -0.3 is 5.32 Å². The molecule has 2 aromatic carbocycles. The largest absolute Gasteiger partial charge is 0.326 e. The van der Waals surface area contributed by atoms with E-state index in [2.05, 4.69) is 24.1 Å². The van der Waals surface area contributed by atoms with Crippen molar-refractivity contribution in [3.05, 3.63) is 84.2 Å². The fourth-order valence-electron chi connectivity index (χ4n) is 4.24. The minimum Gasteiger partial charge on any atom is -0.326 e. The number of hydrogen-bond acceptors (Lipinski definition) is 4. The molecule has 0 saturated heterocycles. The molecule has 0 fully saturated rings. The molecule has 7 nitrogen and oxygen atoms in total. The lowest BCUT2D eigenvalue weighted by Gasteiger charge is -2.15. The highest BCUT2D eigenvalue weighted by Crippen LogP contribution is 2.37. The Balaban J connectivity index is 1.42. The van der Waals surface area contributed by atoms with Gasteiger partial charge in [-0.2, -0.15) is 0 Å². The van der Waals surface area contributed by atoms with E-state index in [1.807, 2.05) is 71.3 Å². The number of carbonyl (C=O) groups is 2. The first-order valence-corrected chi connectivity index (χ1v) is 11.1. The summed E-state index contributed by atoms with van der Waals surface area (Å²) in [6, 6.07) is 20.4. The summed E-state index contributed by atoms with van der Waals surface area (Å²) in [5, 5.41) is 2.94. The minimum atomic E-state index is -0.661. The Labute approximate surface area is 192 Å². The van der Waals surface area contributed by atoms with E-state index >= 15 is 0 Å². The fraction of sp³-hybridized carbons (Fsp3) is 0.231. The third kappa shape index (κ3) is 3.98. The van der Waals surface area contributed by atoms with Gasteiger partial charge in [0.05, 0.1) is 29.7 Å². The normalized spacial score (nSPS) is 15.3. The van der Waals surface area contributed by atoms with Gasteiger partial charge in [-0.05, 0) is 47.9 Å². The quantitative estimate of drug-likeness (QED) is 0.473. The van der Waals surface area contributed by atoms with Gasteiger partial charge >= 0.3 is 0 Å². The molecule has 2 amide bonds. The van der Waals surface area contributed by atoms with Gasteiger partial charge in [0, 0.05) is 11.9 Å². The standard InChI is InChI=1S/C26H25N5O2/c1-17(2)18-10-12-19(13-11-18)28-24(32)15-23-25(33)30(16-20-7-5-6-14-27-20)26-29-21-8-3-4-9-22(21)31(23)26/h3-14,17,23H,15-16H2,1-2H3,(H,28,32). The Kier molecular flexibility index (Phi) is 5.38. The summed E-state index contributed by atoms with van der Waals surface area (Å²) < 4.78 is 1.88. The summed E-state index contributed by atoms with van der Waals surface area (Å²) in [6.45, 7) is 4.56. The topological polar surface area (TPSA) is 80.1 Å². The number of amides is 2. The summed E-state index contributed by atoms with van der Waals surface area (Å²) >= 11 is 0. The number of nitrogens with zero attached hydrogens (tertiary/aromatic N) is 4. The van der Waals surface area contributed by atoms with E-state index in [1.165, 1.54) is 5.56 Å². The Bertz CT molecular complexity index is 1310. The number of fused-ring (bicyclic) bond motifs is 3. The van der Waals surface area contributed by atoms with Crippen molar-refractivity contribution in [1.82, 2.24) is 14.5 Å². The van der Waals surface area contributed by atoms with Crippen molar-refractivity contribution in [2.75, 3.05) is 10.2 Å². The third-order valence-electron chi connectivity index (χ3n) is 5.97. The number of anilines is 2. The van der Waals surface area contributed by atoms with Crippen molar-refractivity contribution in [2.24, 2.45) is 0 Å². The monoisotopic (exact) mass is 439 g/mol. The molecule has 4 aromatic rings. The van der Waals surface area contributed by atoms with Crippen molar-refractivity contribution < 1.29 is 9.59 Å². The van der Waals surface area contributed by atoms with Crippen molar-refractivity contribution in [2.45, 2.75) is 38.8 Å². The zero-order valence-electron chi connectivity index (χ0n) is 18.6. The van der Waals surface area contributed by atoms with Crippen molar-refractivity contribution in [3.8, 4) is 0 Å². The molecule has 7 heteroatoms. The second-order valence-corrected chi connectivity index (χ2v) is 8.56. The highest BCUT2D eigenvalue weighted by Gasteiger charge is 2.41. The molecule has 0 saturated carbocycles. The summed E-state index contributed by atoms with van der Waals surface area (Å²) in [6.07, 6.45) is 1.73. The SMILES string of the molecule is CC(C)c1ccc(NC(=O)CC2C(=O)N(Cc3ccccn3)c3nc4ccccc4n32)cc1. The smallest absolute Gasteiger partial charge is 0.253 e. The van der Waals surface area contributed by atoms with Crippen LogP contribution in [0.3, 0.4) is 0 Å². The van der Waals surface area contributed by atoms with Crippen LogP contribution in [-0.2, 0) is 16.1 Å². The average molecular weight is 440 g/mol. The number of nitrogens with one attached hydrogen (secondary N) is 1. The number of para-hydroxylation sites is 2. The number of hydrogen-bond donors (Lipinski definition) is 1. The molecular weight excluding hydrogens is 414 g/mol. The van der Waals surface area contributed by atoms with E-state index in [4.69, 9.17) is 4.98 Å². The van der Waals surface area contributed by atoms with E-state index in [-0.39, 0.29) is 18.2 Å². The summed E-state index contributed by atoms with van der Waals surface area (Å²) in [7, 11) is 0. The van der Waals surface area contributed by atoms with Crippen LogP contribution in [0.4, 0.5) is 11.6 Å². The molecule has 3 heterocycles. The first-order chi connectivity index (χ1) is 16.0. The number of benzene rings is 2. The Morgan fingerprint density at radius 1 is 1.03 bits per heavy atom. The molecule has 5 rings (SSSR count). The first-order valence-electron chi connectivity index (χ1n) is 11.1. The number of pyridine rings is 1. The van der Waals surface area contributed by atoms with Crippen LogP contribution < -0.4 is 10.2 Å². The maximum atomic E-state index is 13.4. The van der Waals surface area contributed by atoms with Crippen LogP contribution in [-0.4, -0.2) is 26.3 Å². The fourth-order valence-corrected chi connectivity index (χ4v) is 4.24. The van der Waals surface area contributed by atoms with Crippen LogP contribution in [0.15, 0.2) is 72.9 Å². The molecule has 1 N–H and O–H groups in total. The van der Waals surface area contributed by atoms with Gasteiger partial charge in [0.15, 0.2) is 0 Å². The van der Waals surface area contributed by atoms with E-state index in [0.29, 0.717) is 18.4 Å². The van der Waals surface area contributed by atoms with Gasteiger partial charge in [0.25, 0.3) is 5.91 Å². The molecule has 1 unspecified atom stereocenters. The zero-order chi connectivity index (χ0) is 22.9. The molecular formula is C26H25N5O2. The first kappa shape index (κ1) is 20.9. The predicted molar refractivity (Wildman–Crippen MR) is 128 cm³/mol. The van der Waals surface area contributed by atoms with Gasteiger partial charge in [-0.3, -0.25) is 24.0 Å². The van der Waals surface area contributed by atoms with Crippen LogP contribution in [0.5, 0.6) is 0 Å². The lowest BCUT2D eigenvalue weighted by Crippen LogP contribution is -2.31. The van der Waals surface area contributed by atoms with Gasteiger partial charge in [-0.1, -0.05) is 44.2 Å². The number of imidazole rings is 1. The molecule has 1 atom stereocenters. The van der Waals surface area contributed by atoms with Gasteiger partial charge in [-0.15, -0.1) is 0 Å². The minimum absolute atomic E-state index is 0.0246. The number of rotatable bonds is 6. The second kappa shape index (κ2) is 8.50. The maximum absolute atomic E-state index is 13.4. The van der Waals surface area contributed by atoms with Crippen LogP contribution in [0, 0.1) is 0 Å². The third-order valence-corrected chi connectivity index (χ3v) is 5.97. The van der Waals surface area contributed by atoms with E-state index in [0.717, 1.165) is 22.4 Å². The van der Waals surface area contributed by atoms with E-state index in [1.54, 1.807) is 11.1 Å². The molecule has 0 radical (unpaired) electrons. The van der Waals surface area contributed by atoms with Crippen LogP contribution >= 0.6 is 0 Å². The van der Waals surface area contributed by atoms with E-state index < -0.39 is 6.04 Å². The van der Waals surface area contributed by atoms with Crippen LogP contribution in [0.2, 0.25) is 0 Å². The average Bonchev–Trinajstić information content (AvgIpc) is 3.31. The van der Waals surface area contributed by atoms with Crippen molar-refractivity contribution >= 4 is 34.5 Å². The number of carbonyl (C=O) groups excluding carboxylic acids is 2. The van der Waals surface area contributed by atoms with Crippen LogP contribution in [0.25, 0.3) is 11.0 Å². The summed E-state index contributed by atoms with van der Waals surface area (Å²) in [5.74, 6) is 0.600. The summed E-state index contributed by atoms with van der Waals surface area (Å²) in [5.41, 5.74) is 4.32. The summed E-state index contributed by atoms with van der Waals surface area (Å²) in [4.78, 5) is 37.0. The van der Waals surface area contributed by atoms with Gasteiger partial charge in [-0.25, -0.2) is 4.98 Å². The van der Waals surface area contributed by atoms with Gasteiger partial charge in [0.2, 0.25) is 11.9 Å². The lowest BCUT2D eigenvalue weighted by atomic mass is 10.0. The molecule has 33 heavy (non-hydrogen) atoms. The second-order valence-electron chi connectivity index (χ2n) is 8.56. The molecule has 0 spiro atoms. The molecule has 1 aliphatic rings. The van der Waals surface area contributed by atoms with Crippen molar-refractivity contribution in [1.29, 1.82) is 0 Å². The molecule has 0 bridgehead atoms. The lowest BCUT2D eigenvalue weighted by molar-refractivity contribution is -0.124. The van der Waals surface area contributed by atoms with Crippen molar-refractivity contribution in [3.63, 3.8) is 0 Å². The molecule has 0 aliphatic carbocycles. The van der Waals surface area contributed by atoms with E-state index in [9.17, 15) is 9.59 Å². The molecule has 2 aromatic heterocycles. The molecule has 166 valence electrons. The zero-order valence-corrected chi connectivity index (χ0v) is 18.6. The Hall–Kier alpha value is -4.00. The van der Waals surface area contributed by atoms with Crippen LogP contribution in [0.1, 0.15) is 43.5 Å². The Morgan fingerprint density at radius 2 is 1.79 bits per heavy atom. The van der Waals surface area contributed by atoms with Gasteiger partial charge in [0.1, 0.15) is 6.04 Å². The highest BCUT2D eigenvalue weighted by molar-refractivity contribution is 6.05.